The predicted molar refractivity (Wildman–Crippen MR) is 60.9 cm³/mol. The standard InChI is InChI=1S/C9H10N2O6S/c12-8-2-1-6(5-7(8)9(13)14)11-10-3-4-18(15,16)17/h1-2,5,12H,3-4H2,(H,13,14)(H,15,16,17). The monoisotopic (exact) mass is 274 g/mol. The summed E-state index contributed by atoms with van der Waals surface area (Å²) in [5, 5.41) is 25.0. The highest BCUT2D eigenvalue weighted by Gasteiger charge is 2.09. The Balaban J connectivity index is 2.77. The van der Waals surface area contributed by atoms with Crippen LogP contribution in [0, 0.1) is 0 Å². The fourth-order valence-electron chi connectivity index (χ4n) is 1.05. The van der Waals surface area contributed by atoms with Crippen molar-refractivity contribution >= 4 is 21.8 Å². The molecule has 0 bridgehead atoms. The second-order valence-electron chi connectivity index (χ2n) is 3.26. The minimum absolute atomic E-state index is 0.153. The summed E-state index contributed by atoms with van der Waals surface area (Å²) in [5.41, 5.74) is -0.179. The van der Waals surface area contributed by atoms with E-state index in [1.54, 1.807) is 0 Å². The summed E-state index contributed by atoms with van der Waals surface area (Å²) in [5.74, 6) is -2.29. The average Bonchev–Trinajstić information content (AvgIpc) is 2.24. The first kappa shape index (κ1) is 14.1. The van der Waals surface area contributed by atoms with Gasteiger partial charge in [0.1, 0.15) is 11.3 Å². The fraction of sp³-hybridized carbons (Fsp3) is 0.222. The Morgan fingerprint density at radius 3 is 2.56 bits per heavy atom. The Bertz CT molecular complexity index is 581. The zero-order chi connectivity index (χ0) is 13.8. The summed E-state index contributed by atoms with van der Waals surface area (Å²) < 4.78 is 29.2. The van der Waals surface area contributed by atoms with Crippen molar-refractivity contribution in [3.05, 3.63) is 23.8 Å². The van der Waals surface area contributed by atoms with Gasteiger partial charge in [-0.05, 0) is 18.2 Å². The Morgan fingerprint density at radius 1 is 1.33 bits per heavy atom. The fourth-order valence-corrected chi connectivity index (χ4v) is 1.36. The number of benzene rings is 1. The van der Waals surface area contributed by atoms with E-state index in [0.29, 0.717) is 0 Å². The topological polar surface area (TPSA) is 137 Å². The Kier molecular flexibility index (Phi) is 4.34. The van der Waals surface area contributed by atoms with Gasteiger partial charge in [-0.25, -0.2) is 4.79 Å². The molecule has 0 heterocycles. The van der Waals surface area contributed by atoms with Crippen molar-refractivity contribution in [1.29, 1.82) is 0 Å². The maximum absolute atomic E-state index is 10.7. The molecular formula is C9H10N2O6S. The lowest BCUT2D eigenvalue weighted by molar-refractivity contribution is 0.0693. The molecule has 0 radical (unpaired) electrons. The van der Waals surface area contributed by atoms with Gasteiger partial charge in [0.25, 0.3) is 10.1 Å². The molecule has 0 saturated heterocycles. The zero-order valence-corrected chi connectivity index (χ0v) is 9.83. The highest BCUT2D eigenvalue weighted by molar-refractivity contribution is 7.85. The summed E-state index contributed by atoms with van der Waals surface area (Å²) in [6.07, 6.45) is 0. The second kappa shape index (κ2) is 5.56. The van der Waals surface area contributed by atoms with Crippen LogP contribution in [0.25, 0.3) is 0 Å². The van der Waals surface area contributed by atoms with Crippen LogP contribution in [0.1, 0.15) is 10.4 Å². The van der Waals surface area contributed by atoms with E-state index >= 15 is 0 Å². The molecule has 9 heteroatoms. The van der Waals surface area contributed by atoms with E-state index < -0.39 is 27.6 Å². The molecule has 0 aromatic heterocycles. The van der Waals surface area contributed by atoms with Crippen LogP contribution in [0.4, 0.5) is 5.69 Å². The summed E-state index contributed by atoms with van der Waals surface area (Å²) in [7, 11) is -4.09. The molecular weight excluding hydrogens is 264 g/mol. The number of hydrogen-bond donors (Lipinski definition) is 3. The maximum Gasteiger partial charge on any atom is 0.339 e. The molecule has 0 aliphatic rings. The summed E-state index contributed by atoms with van der Waals surface area (Å²) >= 11 is 0. The maximum atomic E-state index is 10.7. The van der Waals surface area contributed by atoms with Crippen LogP contribution in [0.5, 0.6) is 5.75 Å². The molecule has 0 atom stereocenters. The van der Waals surface area contributed by atoms with Crippen molar-refractivity contribution in [2.75, 3.05) is 12.3 Å². The van der Waals surface area contributed by atoms with E-state index in [1.165, 1.54) is 6.07 Å². The number of rotatable bonds is 5. The van der Waals surface area contributed by atoms with E-state index in [4.69, 9.17) is 9.66 Å². The molecule has 1 aromatic rings. The van der Waals surface area contributed by atoms with Crippen LogP contribution < -0.4 is 0 Å². The van der Waals surface area contributed by atoms with Crippen LogP contribution in [0.3, 0.4) is 0 Å². The Hall–Kier alpha value is -2.00. The highest BCUT2D eigenvalue weighted by atomic mass is 32.2. The van der Waals surface area contributed by atoms with E-state index in [2.05, 4.69) is 10.2 Å². The van der Waals surface area contributed by atoms with Crippen molar-refractivity contribution < 1.29 is 28.0 Å². The zero-order valence-electron chi connectivity index (χ0n) is 9.02. The minimum Gasteiger partial charge on any atom is -0.507 e. The number of aromatic hydroxyl groups is 1. The van der Waals surface area contributed by atoms with Crippen LogP contribution in [-0.4, -0.2) is 41.5 Å². The van der Waals surface area contributed by atoms with Crippen LogP contribution in [0.15, 0.2) is 28.4 Å². The summed E-state index contributed by atoms with van der Waals surface area (Å²) in [4.78, 5) is 10.7. The van der Waals surface area contributed by atoms with Gasteiger partial charge in [0, 0.05) is 0 Å². The summed E-state index contributed by atoms with van der Waals surface area (Å²) in [6.45, 7) is -0.248. The lowest BCUT2D eigenvalue weighted by atomic mass is 10.2. The van der Waals surface area contributed by atoms with Gasteiger partial charge in [-0.3, -0.25) is 4.55 Å². The molecule has 1 rings (SSSR count). The number of nitrogens with zero attached hydrogens (tertiary/aromatic N) is 2. The van der Waals surface area contributed by atoms with Crippen molar-refractivity contribution in [3.8, 4) is 5.75 Å². The number of azo groups is 1. The van der Waals surface area contributed by atoms with E-state index in [1.807, 2.05) is 0 Å². The molecule has 18 heavy (non-hydrogen) atoms. The predicted octanol–water partition coefficient (Wildman–Crippen LogP) is 1.06. The minimum atomic E-state index is -4.09. The van der Waals surface area contributed by atoms with Gasteiger partial charge in [-0.15, -0.1) is 0 Å². The Labute approximate surface area is 102 Å². The largest absolute Gasteiger partial charge is 0.507 e. The number of phenols is 1. The van der Waals surface area contributed by atoms with Gasteiger partial charge in [-0.2, -0.15) is 18.6 Å². The third-order valence-corrected chi connectivity index (χ3v) is 2.54. The van der Waals surface area contributed by atoms with E-state index in [9.17, 15) is 18.3 Å². The number of carboxylic acids is 1. The van der Waals surface area contributed by atoms with Crippen molar-refractivity contribution in [1.82, 2.24) is 0 Å². The first-order valence-electron chi connectivity index (χ1n) is 4.68. The van der Waals surface area contributed by atoms with Crippen molar-refractivity contribution in [3.63, 3.8) is 0 Å². The molecule has 0 saturated carbocycles. The second-order valence-corrected chi connectivity index (χ2v) is 4.83. The molecule has 0 amide bonds. The molecule has 0 aliphatic carbocycles. The van der Waals surface area contributed by atoms with Crippen LogP contribution >= 0.6 is 0 Å². The average molecular weight is 274 g/mol. The first-order valence-corrected chi connectivity index (χ1v) is 6.29. The molecule has 0 spiro atoms. The molecule has 8 nitrogen and oxygen atoms in total. The normalized spacial score (nSPS) is 11.8. The molecule has 0 fully saturated rings. The smallest absolute Gasteiger partial charge is 0.339 e. The number of aromatic carboxylic acids is 1. The molecule has 98 valence electrons. The molecule has 1 aromatic carbocycles. The van der Waals surface area contributed by atoms with Gasteiger partial charge < -0.3 is 10.2 Å². The Morgan fingerprint density at radius 2 is 2.00 bits per heavy atom. The molecule has 0 unspecified atom stereocenters. The quantitative estimate of drug-likeness (QED) is 0.542. The first-order chi connectivity index (χ1) is 8.29. The number of carbonyl (C=O) groups is 1. The van der Waals surface area contributed by atoms with Crippen LogP contribution in [0.2, 0.25) is 0 Å². The van der Waals surface area contributed by atoms with Gasteiger partial charge in [0.05, 0.1) is 18.0 Å². The SMILES string of the molecule is O=C(O)c1cc(N=NCCS(=O)(=O)O)ccc1O. The van der Waals surface area contributed by atoms with Gasteiger partial charge in [0.15, 0.2) is 0 Å². The van der Waals surface area contributed by atoms with Crippen molar-refractivity contribution in [2.24, 2.45) is 10.2 Å². The van der Waals surface area contributed by atoms with E-state index in [0.717, 1.165) is 12.1 Å². The lowest BCUT2D eigenvalue weighted by Gasteiger charge is -1.99. The van der Waals surface area contributed by atoms with Gasteiger partial charge >= 0.3 is 5.97 Å². The third kappa shape index (κ3) is 4.47. The third-order valence-electron chi connectivity index (χ3n) is 1.85. The van der Waals surface area contributed by atoms with Crippen LogP contribution in [-0.2, 0) is 10.1 Å². The molecule has 3 N–H and O–H groups in total. The van der Waals surface area contributed by atoms with Gasteiger partial charge in [-0.1, -0.05) is 0 Å². The van der Waals surface area contributed by atoms with Gasteiger partial charge in [0.2, 0.25) is 0 Å². The summed E-state index contributed by atoms with van der Waals surface area (Å²) in [6, 6.07) is 3.55. The van der Waals surface area contributed by atoms with E-state index in [-0.39, 0.29) is 17.8 Å². The molecule has 0 aliphatic heterocycles. The highest BCUT2D eigenvalue weighted by Crippen LogP contribution is 2.23. The van der Waals surface area contributed by atoms with Crippen molar-refractivity contribution in [2.45, 2.75) is 0 Å². The lowest BCUT2D eigenvalue weighted by Crippen LogP contribution is -2.05. The number of hydrogen-bond acceptors (Lipinski definition) is 6. The number of carboxylic acid groups (broad SMARTS) is 1.